The Morgan fingerprint density at radius 1 is 1.39 bits per heavy atom. The number of rotatable bonds is 4. The van der Waals surface area contributed by atoms with E-state index in [1.165, 1.54) is 6.07 Å². The topological polar surface area (TPSA) is 72.4 Å². The van der Waals surface area contributed by atoms with Crippen molar-refractivity contribution in [3.8, 4) is 0 Å². The van der Waals surface area contributed by atoms with Crippen LogP contribution < -0.4 is 11.1 Å². The summed E-state index contributed by atoms with van der Waals surface area (Å²) in [6.45, 7) is 0.301. The van der Waals surface area contributed by atoms with Crippen LogP contribution in [0, 0.1) is 5.82 Å². The molecule has 0 atom stereocenters. The molecule has 3 rings (SSSR count). The van der Waals surface area contributed by atoms with Gasteiger partial charge in [0.15, 0.2) is 0 Å². The van der Waals surface area contributed by atoms with E-state index < -0.39 is 11.7 Å². The molecule has 0 unspecified atom stereocenters. The molecule has 0 aliphatic heterocycles. The third-order valence-corrected chi connectivity index (χ3v) is 3.91. The predicted octanol–water partition coefficient (Wildman–Crippen LogP) is 3.60. The number of hydrogen-bond donors (Lipinski definition) is 2. The Morgan fingerprint density at radius 2 is 2.17 bits per heavy atom. The van der Waals surface area contributed by atoms with E-state index in [2.05, 4.69) is 26.2 Å². The van der Waals surface area contributed by atoms with Gasteiger partial charge in [-0.2, -0.15) is 0 Å². The molecule has 0 saturated carbocycles. The minimum atomic E-state index is -0.834. The molecule has 3 aromatic rings. The van der Waals surface area contributed by atoms with E-state index in [0.29, 0.717) is 27.4 Å². The summed E-state index contributed by atoms with van der Waals surface area (Å²) in [7, 11) is 0. The molecule has 0 bridgehead atoms. The molecule has 0 aliphatic carbocycles. The van der Waals surface area contributed by atoms with E-state index in [1.54, 1.807) is 35.0 Å². The van der Waals surface area contributed by atoms with Crippen molar-refractivity contribution in [2.24, 2.45) is 5.73 Å². The molecule has 0 saturated heterocycles. The van der Waals surface area contributed by atoms with E-state index in [0.717, 1.165) is 5.65 Å². The van der Waals surface area contributed by atoms with Crippen LogP contribution >= 0.6 is 27.5 Å². The molecule has 5 nitrogen and oxygen atoms in total. The number of hydrogen-bond acceptors (Lipinski definition) is 3. The van der Waals surface area contributed by atoms with Gasteiger partial charge in [0, 0.05) is 16.9 Å². The van der Waals surface area contributed by atoms with Crippen LogP contribution in [0.4, 0.5) is 10.1 Å². The van der Waals surface area contributed by atoms with E-state index >= 15 is 0 Å². The first kappa shape index (κ1) is 15.8. The van der Waals surface area contributed by atoms with Crippen LogP contribution in [0.25, 0.3) is 5.65 Å². The molecule has 23 heavy (non-hydrogen) atoms. The molecular formula is C15H11BrClFN4O. The van der Waals surface area contributed by atoms with Crippen LogP contribution in [0.2, 0.25) is 5.02 Å². The van der Waals surface area contributed by atoms with Crippen molar-refractivity contribution in [1.29, 1.82) is 0 Å². The minimum Gasteiger partial charge on any atom is -0.379 e. The highest BCUT2D eigenvalue weighted by atomic mass is 79.9. The molecule has 8 heteroatoms. The number of pyridine rings is 1. The second-order valence-electron chi connectivity index (χ2n) is 4.87. The quantitative estimate of drug-likeness (QED) is 0.706. The highest BCUT2D eigenvalue weighted by molar-refractivity contribution is 9.10. The third kappa shape index (κ3) is 3.30. The number of imidazole rings is 1. The summed E-state index contributed by atoms with van der Waals surface area (Å²) in [5, 5.41) is 3.59. The standard InChI is InChI=1S/C15H11BrClFN4O/c16-8-3-11(18)14(15(19)23)12(4-8)20-5-10-7-22-6-9(17)1-2-13(22)21-10/h1-4,6-7,20H,5H2,(H2,19,23). The highest BCUT2D eigenvalue weighted by Gasteiger charge is 2.15. The number of anilines is 1. The number of nitrogens with zero attached hydrogens (tertiary/aromatic N) is 2. The van der Waals surface area contributed by atoms with Gasteiger partial charge in [-0.05, 0) is 24.3 Å². The van der Waals surface area contributed by atoms with Crippen LogP contribution in [-0.4, -0.2) is 15.3 Å². The summed E-state index contributed by atoms with van der Waals surface area (Å²) >= 11 is 9.12. The molecule has 1 amide bonds. The van der Waals surface area contributed by atoms with Crippen molar-refractivity contribution in [2.45, 2.75) is 6.54 Å². The van der Waals surface area contributed by atoms with Crippen molar-refractivity contribution in [3.05, 3.63) is 63.2 Å². The Morgan fingerprint density at radius 3 is 2.91 bits per heavy atom. The number of halogens is 3. The maximum absolute atomic E-state index is 13.9. The smallest absolute Gasteiger partial charge is 0.253 e. The Kier molecular flexibility index (Phi) is 4.23. The van der Waals surface area contributed by atoms with Gasteiger partial charge in [0.05, 0.1) is 28.5 Å². The van der Waals surface area contributed by atoms with Crippen molar-refractivity contribution in [2.75, 3.05) is 5.32 Å². The molecular weight excluding hydrogens is 387 g/mol. The Hall–Kier alpha value is -2.12. The van der Waals surface area contributed by atoms with Gasteiger partial charge < -0.3 is 15.5 Å². The molecule has 3 N–H and O–H groups in total. The average molecular weight is 398 g/mol. The van der Waals surface area contributed by atoms with Crippen LogP contribution in [0.15, 0.2) is 41.1 Å². The molecule has 1 aromatic carbocycles. The lowest BCUT2D eigenvalue weighted by Crippen LogP contribution is -2.16. The van der Waals surface area contributed by atoms with E-state index in [1.807, 2.05) is 0 Å². The summed E-state index contributed by atoms with van der Waals surface area (Å²) in [4.78, 5) is 15.8. The number of fused-ring (bicyclic) bond motifs is 1. The summed E-state index contributed by atoms with van der Waals surface area (Å²) in [5.41, 5.74) is 6.82. The fourth-order valence-electron chi connectivity index (χ4n) is 2.25. The first-order chi connectivity index (χ1) is 10.9. The lowest BCUT2D eigenvalue weighted by molar-refractivity contribution is 0.0997. The molecule has 2 aromatic heterocycles. The molecule has 2 heterocycles. The second kappa shape index (κ2) is 6.17. The normalized spacial score (nSPS) is 10.9. The van der Waals surface area contributed by atoms with Crippen molar-refractivity contribution in [3.63, 3.8) is 0 Å². The minimum absolute atomic E-state index is 0.181. The van der Waals surface area contributed by atoms with Gasteiger partial charge in [-0.25, -0.2) is 9.37 Å². The summed E-state index contributed by atoms with van der Waals surface area (Å²) in [6.07, 6.45) is 3.54. The fraction of sp³-hybridized carbons (Fsp3) is 0.0667. The number of aromatic nitrogens is 2. The van der Waals surface area contributed by atoms with Crippen LogP contribution in [0.5, 0.6) is 0 Å². The molecule has 0 radical (unpaired) electrons. The van der Waals surface area contributed by atoms with Crippen LogP contribution in [-0.2, 0) is 6.54 Å². The third-order valence-electron chi connectivity index (χ3n) is 3.23. The Bertz CT molecular complexity index is 912. The van der Waals surface area contributed by atoms with Crippen molar-refractivity contribution >= 4 is 44.8 Å². The van der Waals surface area contributed by atoms with E-state index in [9.17, 15) is 9.18 Å². The zero-order valence-corrected chi connectivity index (χ0v) is 14.0. The largest absolute Gasteiger partial charge is 0.379 e. The number of nitrogens with one attached hydrogen (secondary N) is 1. The van der Waals surface area contributed by atoms with Crippen LogP contribution in [0.3, 0.4) is 0 Å². The van der Waals surface area contributed by atoms with Gasteiger partial charge in [0.1, 0.15) is 11.5 Å². The SMILES string of the molecule is NC(=O)c1c(F)cc(Br)cc1NCc1cn2cc(Cl)ccc2n1. The first-order valence-corrected chi connectivity index (χ1v) is 7.77. The number of amides is 1. The number of carbonyl (C=O) groups excluding carboxylic acids is 1. The first-order valence-electron chi connectivity index (χ1n) is 6.60. The monoisotopic (exact) mass is 396 g/mol. The van der Waals surface area contributed by atoms with Gasteiger partial charge in [0.2, 0.25) is 0 Å². The fourth-order valence-corrected chi connectivity index (χ4v) is 2.85. The number of benzene rings is 1. The maximum Gasteiger partial charge on any atom is 0.253 e. The zero-order valence-electron chi connectivity index (χ0n) is 11.7. The van der Waals surface area contributed by atoms with Gasteiger partial charge in [-0.3, -0.25) is 4.79 Å². The highest BCUT2D eigenvalue weighted by Crippen LogP contribution is 2.25. The zero-order chi connectivity index (χ0) is 16.6. The van der Waals surface area contributed by atoms with Crippen LogP contribution in [0.1, 0.15) is 16.1 Å². The van der Waals surface area contributed by atoms with Gasteiger partial charge in [0.25, 0.3) is 5.91 Å². The molecule has 0 spiro atoms. The summed E-state index contributed by atoms with van der Waals surface area (Å²) in [6, 6.07) is 6.32. The Labute approximate surface area is 144 Å². The van der Waals surface area contributed by atoms with Crippen molar-refractivity contribution < 1.29 is 9.18 Å². The number of nitrogens with two attached hydrogens (primary N) is 1. The lowest BCUT2D eigenvalue weighted by Gasteiger charge is -2.10. The number of primary amides is 1. The summed E-state index contributed by atoms with van der Waals surface area (Å²) < 4.78 is 16.2. The Balaban J connectivity index is 1.88. The lowest BCUT2D eigenvalue weighted by atomic mass is 10.1. The maximum atomic E-state index is 13.9. The van der Waals surface area contributed by atoms with Gasteiger partial charge in [-0.15, -0.1) is 0 Å². The average Bonchev–Trinajstić information content (AvgIpc) is 2.85. The molecule has 118 valence electrons. The molecule has 0 aliphatic rings. The van der Waals surface area contributed by atoms with Gasteiger partial charge >= 0.3 is 0 Å². The number of carbonyl (C=O) groups is 1. The second-order valence-corrected chi connectivity index (χ2v) is 6.23. The predicted molar refractivity (Wildman–Crippen MR) is 90.1 cm³/mol. The molecule has 0 fully saturated rings. The summed E-state index contributed by atoms with van der Waals surface area (Å²) in [5.74, 6) is -1.52. The van der Waals surface area contributed by atoms with E-state index in [-0.39, 0.29) is 5.56 Å². The van der Waals surface area contributed by atoms with E-state index in [4.69, 9.17) is 17.3 Å². The van der Waals surface area contributed by atoms with Gasteiger partial charge in [-0.1, -0.05) is 27.5 Å². The van der Waals surface area contributed by atoms with Crippen molar-refractivity contribution in [1.82, 2.24) is 9.38 Å².